The lowest BCUT2D eigenvalue weighted by Gasteiger charge is -2.32. The van der Waals surface area contributed by atoms with Crippen LogP contribution >= 0.6 is 11.3 Å². The van der Waals surface area contributed by atoms with Gasteiger partial charge in [-0.15, -0.1) is 11.3 Å². The Morgan fingerprint density at radius 3 is 2.30 bits per heavy atom. The molecule has 1 aromatic heterocycles. The van der Waals surface area contributed by atoms with Gasteiger partial charge in [-0.3, -0.25) is 4.90 Å². The van der Waals surface area contributed by atoms with Gasteiger partial charge in [-0.05, 0) is 38.5 Å². The van der Waals surface area contributed by atoms with Crippen molar-refractivity contribution >= 4 is 17.4 Å². The molecule has 4 rings (SSSR count). The summed E-state index contributed by atoms with van der Waals surface area (Å²) in [6.45, 7) is 3.14. The third-order valence-electron chi connectivity index (χ3n) is 6.52. The molecule has 2 heterocycles. The first-order valence-electron chi connectivity index (χ1n) is 11.0. The summed E-state index contributed by atoms with van der Waals surface area (Å²) >= 11 is 1.92. The van der Waals surface area contributed by atoms with Crippen LogP contribution in [0.25, 0.3) is 0 Å². The summed E-state index contributed by atoms with van der Waals surface area (Å²) in [6, 6.07) is 0.753. The van der Waals surface area contributed by atoms with Crippen LogP contribution in [-0.2, 0) is 6.54 Å². The van der Waals surface area contributed by atoms with Crippen molar-refractivity contribution in [2.24, 2.45) is 0 Å². The molecule has 3 aliphatic rings. The molecule has 150 valence electrons. The normalized spacial score (nSPS) is 23.6. The Morgan fingerprint density at radius 1 is 0.963 bits per heavy atom. The molecule has 0 radical (unpaired) electrons. The van der Waals surface area contributed by atoms with Crippen LogP contribution < -0.4 is 10.6 Å². The van der Waals surface area contributed by atoms with Crippen molar-refractivity contribution in [3.8, 4) is 0 Å². The van der Waals surface area contributed by atoms with E-state index in [1.807, 2.05) is 11.3 Å². The highest BCUT2D eigenvalue weighted by Crippen LogP contribution is 2.36. The third-order valence-corrected chi connectivity index (χ3v) is 7.66. The van der Waals surface area contributed by atoms with Gasteiger partial charge >= 0.3 is 6.03 Å². The van der Waals surface area contributed by atoms with Crippen molar-refractivity contribution in [1.29, 1.82) is 0 Å². The standard InChI is InChI=1S/C21H34N4OS/c26-21(23-17-8-2-1-3-9-17)24-18-10-12-25(13-11-18)15-19-14-22-20(27-19)16-6-4-5-7-16/h14,16-18H,1-13,15H2,(H2,23,24,26). The molecule has 1 saturated heterocycles. The van der Waals surface area contributed by atoms with Gasteiger partial charge in [0.2, 0.25) is 0 Å². The van der Waals surface area contributed by atoms with E-state index < -0.39 is 0 Å². The summed E-state index contributed by atoms with van der Waals surface area (Å²) < 4.78 is 0. The number of hydrogen-bond acceptors (Lipinski definition) is 4. The fourth-order valence-corrected chi connectivity index (χ4v) is 6.00. The van der Waals surface area contributed by atoms with Gasteiger partial charge in [0.15, 0.2) is 0 Å². The van der Waals surface area contributed by atoms with Crippen molar-refractivity contribution in [3.63, 3.8) is 0 Å². The number of rotatable bonds is 5. The molecule has 5 nitrogen and oxygen atoms in total. The zero-order chi connectivity index (χ0) is 18.5. The molecule has 1 aromatic rings. The molecule has 2 saturated carbocycles. The van der Waals surface area contributed by atoms with E-state index >= 15 is 0 Å². The molecule has 0 bridgehead atoms. The Morgan fingerprint density at radius 2 is 1.59 bits per heavy atom. The number of nitrogens with one attached hydrogen (secondary N) is 2. The summed E-state index contributed by atoms with van der Waals surface area (Å²) in [5.41, 5.74) is 0. The second-order valence-corrected chi connectivity index (χ2v) is 9.80. The Balaban J connectivity index is 1.17. The largest absolute Gasteiger partial charge is 0.335 e. The van der Waals surface area contributed by atoms with E-state index in [-0.39, 0.29) is 6.03 Å². The maximum Gasteiger partial charge on any atom is 0.315 e. The Bertz CT molecular complexity index is 599. The minimum atomic E-state index is 0.0454. The average Bonchev–Trinajstić information content (AvgIpc) is 3.36. The summed E-state index contributed by atoms with van der Waals surface area (Å²) in [4.78, 5) is 20.9. The van der Waals surface area contributed by atoms with Crippen LogP contribution in [0.5, 0.6) is 0 Å². The van der Waals surface area contributed by atoms with Crippen molar-refractivity contribution < 1.29 is 4.79 Å². The van der Waals surface area contributed by atoms with Gasteiger partial charge in [-0.1, -0.05) is 32.1 Å². The summed E-state index contributed by atoms with van der Waals surface area (Å²) in [7, 11) is 0. The van der Waals surface area contributed by atoms with Gasteiger partial charge in [-0.25, -0.2) is 9.78 Å². The van der Waals surface area contributed by atoms with Gasteiger partial charge in [0, 0.05) is 48.7 Å². The Labute approximate surface area is 167 Å². The van der Waals surface area contributed by atoms with Crippen LogP contribution in [0.1, 0.15) is 86.4 Å². The molecule has 0 spiro atoms. The van der Waals surface area contributed by atoms with Crippen LogP contribution in [0.3, 0.4) is 0 Å². The number of nitrogens with zero attached hydrogens (tertiary/aromatic N) is 2. The van der Waals surface area contributed by atoms with E-state index in [0.29, 0.717) is 12.1 Å². The van der Waals surface area contributed by atoms with Crippen LogP contribution in [0, 0.1) is 0 Å². The number of carbonyl (C=O) groups is 1. The molecule has 0 unspecified atom stereocenters. The number of aromatic nitrogens is 1. The number of urea groups is 1. The Kier molecular flexibility index (Phi) is 6.66. The first-order chi connectivity index (χ1) is 13.3. The number of carbonyl (C=O) groups excluding carboxylic acids is 1. The first-order valence-corrected chi connectivity index (χ1v) is 11.8. The smallest absolute Gasteiger partial charge is 0.315 e. The predicted molar refractivity (Wildman–Crippen MR) is 110 cm³/mol. The monoisotopic (exact) mass is 390 g/mol. The lowest BCUT2D eigenvalue weighted by atomic mass is 9.96. The van der Waals surface area contributed by atoms with Crippen LogP contribution in [0.2, 0.25) is 0 Å². The summed E-state index contributed by atoms with van der Waals surface area (Å²) in [5, 5.41) is 7.74. The molecule has 0 atom stereocenters. The van der Waals surface area contributed by atoms with E-state index in [9.17, 15) is 4.79 Å². The maximum absolute atomic E-state index is 12.2. The van der Waals surface area contributed by atoms with Crippen molar-refractivity contribution in [2.75, 3.05) is 13.1 Å². The van der Waals surface area contributed by atoms with Gasteiger partial charge in [-0.2, -0.15) is 0 Å². The highest BCUT2D eigenvalue weighted by atomic mass is 32.1. The quantitative estimate of drug-likeness (QED) is 0.783. The summed E-state index contributed by atoms with van der Waals surface area (Å²) in [5.74, 6) is 0.723. The Hall–Kier alpha value is -1.14. The minimum absolute atomic E-state index is 0.0454. The van der Waals surface area contributed by atoms with Crippen LogP contribution in [0.15, 0.2) is 6.20 Å². The number of likely N-dealkylation sites (tertiary alicyclic amines) is 1. The zero-order valence-electron chi connectivity index (χ0n) is 16.4. The van der Waals surface area contributed by atoms with E-state index in [1.165, 1.54) is 54.8 Å². The summed E-state index contributed by atoms with van der Waals surface area (Å²) in [6.07, 6.45) is 15.7. The fraction of sp³-hybridized carbons (Fsp3) is 0.810. The predicted octanol–water partition coefficient (Wildman–Crippen LogP) is 4.40. The van der Waals surface area contributed by atoms with E-state index in [2.05, 4.69) is 21.7 Å². The lowest BCUT2D eigenvalue weighted by Crippen LogP contribution is -2.50. The van der Waals surface area contributed by atoms with Crippen LogP contribution in [-0.4, -0.2) is 41.1 Å². The highest BCUT2D eigenvalue weighted by Gasteiger charge is 2.24. The zero-order valence-corrected chi connectivity index (χ0v) is 17.2. The molecule has 3 fully saturated rings. The van der Waals surface area contributed by atoms with E-state index in [1.54, 1.807) is 0 Å². The maximum atomic E-state index is 12.2. The minimum Gasteiger partial charge on any atom is -0.335 e. The van der Waals surface area contributed by atoms with Crippen molar-refractivity contribution in [2.45, 2.75) is 95.2 Å². The second kappa shape index (κ2) is 9.37. The van der Waals surface area contributed by atoms with Crippen LogP contribution in [0.4, 0.5) is 4.79 Å². The van der Waals surface area contributed by atoms with Gasteiger partial charge in [0.1, 0.15) is 0 Å². The first kappa shape index (κ1) is 19.2. The topological polar surface area (TPSA) is 57.3 Å². The molecule has 1 aliphatic heterocycles. The van der Waals surface area contributed by atoms with Crippen molar-refractivity contribution in [3.05, 3.63) is 16.1 Å². The SMILES string of the molecule is O=C(NC1CCCCC1)NC1CCN(Cc2cnc(C3CCCC3)s2)CC1. The molecular formula is C21H34N4OS. The highest BCUT2D eigenvalue weighted by molar-refractivity contribution is 7.11. The number of piperidine rings is 1. The fourth-order valence-electron chi connectivity index (χ4n) is 4.87. The molecule has 0 aromatic carbocycles. The average molecular weight is 391 g/mol. The molecule has 2 aliphatic carbocycles. The van der Waals surface area contributed by atoms with Crippen molar-refractivity contribution in [1.82, 2.24) is 20.5 Å². The van der Waals surface area contributed by atoms with Gasteiger partial charge in [0.25, 0.3) is 0 Å². The molecule has 27 heavy (non-hydrogen) atoms. The lowest BCUT2D eigenvalue weighted by molar-refractivity contribution is 0.185. The number of thiazole rings is 1. The van der Waals surface area contributed by atoms with Gasteiger partial charge < -0.3 is 10.6 Å². The molecular weight excluding hydrogens is 356 g/mol. The van der Waals surface area contributed by atoms with Gasteiger partial charge in [0.05, 0.1) is 5.01 Å². The van der Waals surface area contributed by atoms with E-state index in [0.717, 1.165) is 51.2 Å². The number of amides is 2. The molecule has 6 heteroatoms. The molecule has 2 N–H and O–H groups in total. The third kappa shape index (κ3) is 5.44. The number of hydrogen-bond donors (Lipinski definition) is 2. The van der Waals surface area contributed by atoms with E-state index in [4.69, 9.17) is 4.98 Å². The second-order valence-electron chi connectivity index (χ2n) is 8.65. The molecule has 2 amide bonds.